The lowest BCUT2D eigenvalue weighted by Gasteiger charge is -2.11. The van der Waals surface area contributed by atoms with E-state index in [1.807, 2.05) is 34.9 Å². The molecule has 0 amide bonds. The molecule has 1 aliphatic carbocycles. The number of nitrogens with zero attached hydrogens (tertiary/aromatic N) is 2. The number of hydrogen-bond acceptors (Lipinski definition) is 3. The van der Waals surface area contributed by atoms with E-state index in [2.05, 4.69) is 34.5 Å². The second-order valence-corrected chi connectivity index (χ2v) is 6.14. The van der Waals surface area contributed by atoms with Crippen LogP contribution in [0.25, 0.3) is 5.69 Å². The van der Waals surface area contributed by atoms with Gasteiger partial charge in [0.15, 0.2) is 4.77 Å². The number of aromatic amines is 1. The summed E-state index contributed by atoms with van der Waals surface area (Å²) in [5.74, 6) is 2.67. The highest BCUT2D eigenvalue weighted by atomic mass is 32.1. The summed E-state index contributed by atoms with van der Waals surface area (Å²) in [4.78, 5) is 0. The van der Waals surface area contributed by atoms with Crippen molar-refractivity contribution in [2.24, 2.45) is 0 Å². The third-order valence-corrected chi connectivity index (χ3v) is 4.65. The Balaban J connectivity index is 1.74. The molecule has 3 aromatic rings. The molecule has 1 heterocycles. The molecule has 0 spiro atoms. The molecule has 23 heavy (non-hydrogen) atoms. The zero-order chi connectivity index (χ0) is 15.8. The van der Waals surface area contributed by atoms with Crippen molar-refractivity contribution in [2.45, 2.75) is 18.3 Å². The molecular weight excluding hydrogens is 306 g/mol. The summed E-state index contributed by atoms with van der Waals surface area (Å²) < 4.78 is 8.08. The van der Waals surface area contributed by atoms with Crippen LogP contribution in [0.4, 0.5) is 0 Å². The number of ether oxygens (including phenoxy) is 1. The summed E-state index contributed by atoms with van der Waals surface area (Å²) in [6.45, 7) is 0. The first-order valence-corrected chi connectivity index (χ1v) is 8.06. The molecule has 1 aromatic heterocycles. The molecule has 5 heteroatoms. The summed E-state index contributed by atoms with van der Waals surface area (Å²) in [6, 6.07) is 18.5. The van der Waals surface area contributed by atoms with E-state index in [-0.39, 0.29) is 0 Å². The van der Waals surface area contributed by atoms with E-state index >= 15 is 0 Å². The second kappa shape index (κ2) is 5.66. The van der Waals surface area contributed by atoms with Crippen LogP contribution in [0, 0.1) is 4.77 Å². The maximum absolute atomic E-state index is 5.48. The molecule has 2 unspecified atom stereocenters. The van der Waals surface area contributed by atoms with Crippen LogP contribution in [0.1, 0.15) is 29.6 Å². The molecule has 4 rings (SSSR count). The minimum atomic E-state index is 0.385. The molecule has 1 fully saturated rings. The largest absolute Gasteiger partial charge is 0.495 e. The summed E-state index contributed by atoms with van der Waals surface area (Å²) in [5, 5.41) is 7.44. The zero-order valence-electron chi connectivity index (χ0n) is 12.8. The minimum Gasteiger partial charge on any atom is -0.495 e. The molecule has 1 saturated carbocycles. The average molecular weight is 323 g/mol. The molecule has 0 saturated heterocycles. The summed E-state index contributed by atoms with van der Waals surface area (Å²) in [6.07, 6.45) is 1.10. The van der Waals surface area contributed by atoms with Crippen LogP contribution in [0.5, 0.6) is 5.75 Å². The normalized spacial score (nSPS) is 19.5. The number of benzene rings is 2. The molecular formula is C18H17N3OS. The van der Waals surface area contributed by atoms with E-state index < -0.39 is 0 Å². The number of rotatable bonds is 4. The van der Waals surface area contributed by atoms with Gasteiger partial charge in [0.2, 0.25) is 0 Å². The van der Waals surface area contributed by atoms with Crippen LogP contribution in [0.15, 0.2) is 54.6 Å². The first-order chi connectivity index (χ1) is 11.3. The van der Waals surface area contributed by atoms with Gasteiger partial charge < -0.3 is 4.74 Å². The fraction of sp³-hybridized carbons (Fsp3) is 0.222. The van der Waals surface area contributed by atoms with Gasteiger partial charge in [-0.1, -0.05) is 42.5 Å². The van der Waals surface area contributed by atoms with Gasteiger partial charge in [0, 0.05) is 5.92 Å². The predicted molar refractivity (Wildman–Crippen MR) is 91.8 cm³/mol. The fourth-order valence-electron chi connectivity index (χ4n) is 3.15. The quantitative estimate of drug-likeness (QED) is 0.731. The van der Waals surface area contributed by atoms with Gasteiger partial charge in [-0.15, -0.1) is 0 Å². The summed E-state index contributed by atoms with van der Waals surface area (Å²) >= 11 is 5.45. The third-order valence-electron chi connectivity index (χ3n) is 4.37. The van der Waals surface area contributed by atoms with Crippen molar-refractivity contribution in [1.82, 2.24) is 14.8 Å². The van der Waals surface area contributed by atoms with Crippen LogP contribution in [0.2, 0.25) is 0 Å². The van der Waals surface area contributed by atoms with Gasteiger partial charge in [0.25, 0.3) is 0 Å². The van der Waals surface area contributed by atoms with Crippen LogP contribution < -0.4 is 4.74 Å². The summed E-state index contributed by atoms with van der Waals surface area (Å²) in [5.41, 5.74) is 2.29. The first-order valence-electron chi connectivity index (χ1n) is 7.65. The van der Waals surface area contributed by atoms with Gasteiger partial charge in [-0.2, -0.15) is 5.10 Å². The van der Waals surface area contributed by atoms with Crippen molar-refractivity contribution in [2.75, 3.05) is 7.11 Å². The molecule has 0 bridgehead atoms. The fourth-order valence-corrected chi connectivity index (χ4v) is 3.39. The smallest absolute Gasteiger partial charge is 0.200 e. The monoisotopic (exact) mass is 323 g/mol. The second-order valence-electron chi connectivity index (χ2n) is 5.75. The van der Waals surface area contributed by atoms with Gasteiger partial charge in [0.1, 0.15) is 11.6 Å². The highest BCUT2D eigenvalue weighted by Crippen LogP contribution is 2.54. The molecule has 2 atom stereocenters. The Kier molecular flexibility index (Phi) is 3.50. The number of methoxy groups -OCH3 is 1. The highest BCUT2D eigenvalue weighted by molar-refractivity contribution is 7.71. The lowest BCUT2D eigenvalue weighted by Crippen LogP contribution is -2.03. The van der Waals surface area contributed by atoms with Crippen LogP contribution in [-0.2, 0) is 0 Å². The van der Waals surface area contributed by atoms with E-state index in [0.29, 0.717) is 16.6 Å². The molecule has 116 valence electrons. The highest BCUT2D eigenvalue weighted by Gasteiger charge is 2.43. The van der Waals surface area contributed by atoms with Gasteiger partial charge in [-0.25, -0.2) is 0 Å². The molecule has 2 aromatic carbocycles. The zero-order valence-corrected chi connectivity index (χ0v) is 13.6. The number of para-hydroxylation sites is 2. The van der Waals surface area contributed by atoms with E-state index in [1.54, 1.807) is 7.11 Å². The number of hydrogen-bond donors (Lipinski definition) is 1. The van der Waals surface area contributed by atoms with Crippen LogP contribution in [-0.4, -0.2) is 21.9 Å². The SMILES string of the molecule is COc1ccccc1-n1c(C2CC2c2ccccc2)n[nH]c1=S. The number of H-pyrrole nitrogens is 1. The Labute approximate surface area is 139 Å². The van der Waals surface area contributed by atoms with Gasteiger partial charge in [-0.3, -0.25) is 9.67 Å². The van der Waals surface area contributed by atoms with Gasteiger partial charge >= 0.3 is 0 Å². The maximum atomic E-state index is 5.48. The lowest BCUT2D eigenvalue weighted by atomic mass is 10.1. The molecule has 4 nitrogen and oxygen atoms in total. The summed E-state index contributed by atoms with van der Waals surface area (Å²) in [7, 11) is 1.67. The van der Waals surface area contributed by atoms with Crippen molar-refractivity contribution in [3.8, 4) is 11.4 Å². The first kappa shape index (κ1) is 14.2. The Morgan fingerprint density at radius 3 is 2.61 bits per heavy atom. The van der Waals surface area contributed by atoms with E-state index in [1.165, 1.54) is 5.56 Å². The molecule has 1 aliphatic rings. The number of nitrogens with one attached hydrogen (secondary N) is 1. The van der Waals surface area contributed by atoms with Gasteiger partial charge in [-0.05, 0) is 42.3 Å². The lowest BCUT2D eigenvalue weighted by molar-refractivity contribution is 0.412. The minimum absolute atomic E-state index is 0.385. The van der Waals surface area contributed by atoms with Gasteiger partial charge in [0.05, 0.1) is 12.8 Å². The van der Waals surface area contributed by atoms with Crippen LogP contribution >= 0.6 is 12.2 Å². The Hall–Kier alpha value is -2.40. The standard InChI is InChI=1S/C18H17N3OS/c1-22-16-10-6-5-9-15(16)21-17(19-20-18(21)23)14-11-13(14)12-7-3-2-4-8-12/h2-10,13-14H,11H2,1H3,(H,20,23). The van der Waals surface area contributed by atoms with E-state index in [4.69, 9.17) is 17.0 Å². The van der Waals surface area contributed by atoms with E-state index in [9.17, 15) is 0 Å². The molecule has 1 N–H and O–H groups in total. The van der Waals surface area contributed by atoms with Crippen molar-refractivity contribution in [3.63, 3.8) is 0 Å². The van der Waals surface area contributed by atoms with Crippen molar-refractivity contribution < 1.29 is 4.74 Å². The Morgan fingerprint density at radius 1 is 1.09 bits per heavy atom. The maximum Gasteiger partial charge on any atom is 0.200 e. The van der Waals surface area contributed by atoms with Crippen LogP contribution in [0.3, 0.4) is 0 Å². The molecule has 0 radical (unpaired) electrons. The Bertz CT molecular complexity index is 885. The predicted octanol–water partition coefficient (Wildman–Crippen LogP) is 4.21. The topological polar surface area (TPSA) is 42.8 Å². The average Bonchev–Trinajstić information content (AvgIpc) is 3.31. The van der Waals surface area contributed by atoms with Crippen molar-refractivity contribution in [1.29, 1.82) is 0 Å². The molecule has 0 aliphatic heterocycles. The van der Waals surface area contributed by atoms with Crippen molar-refractivity contribution >= 4 is 12.2 Å². The third kappa shape index (κ3) is 2.47. The van der Waals surface area contributed by atoms with E-state index in [0.717, 1.165) is 23.7 Å². The van der Waals surface area contributed by atoms with Crippen molar-refractivity contribution in [3.05, 3.63) is 70.8 Å². The Morgan fingerprint density at radius 2 is 1.83 bits per heavy atom. The number of aromatic nitrogens is 3.